The van der Waals surface area contributed by atoms with Gasteiger partial charge in [-0.2, -0.15) is 9.57 Å². The molecule has 0 aromatic carbocycles. The van der Waals surface area contributed by atoms with Crippen molar-refractivity contribution in [3.05, 3.63) is 24.0 Å². The highest BCUT2D eigenvalue weighted by atomic mass is 32.2. The maximum Gasteiger partial charge on any atom is 0.244 e. The lowest BCUT2D eigenvalue weighted by molar-refractivity contribution is 0.445. The largest absolute Gasteiger partial charge is 0.244 e. The lowest BCUT2D eigenvalue weighted by Gasteiger charge is -2.16. The third-order valence-electron chi connectivity index (χ3n) is 4.18. The first-order valence-electron chi connectivity index (χ1n) is 6.47. The van der Waals surface area contributed by atoms with Gasteiger partial charge in [0, 0.05) is 19.3 Å². The molecule has 1 aromatic rings. The molecular formula is C13H15N3O2S. The van der Waals surface area contributed by atoms with Gasteiger partial charge in [-0.15, -0.1) is 0 Å². The van der Waals surface area contributed by atoms with Crippen molar-refractivity contribution in [1.82, 2.24) is 9.29 Å². The SMILES string of the molecule is N#Cc1ccc(S(=O)(=O)N2CC3CCCC3C2)cn1. The number of hydrogen-bond donors (Lipinski definition) is 0. The van der Waals surface area contributed by atoms with E-state index in [1.165, 1.54) is 24.8 Å². The molecule has 1 saturated heterocycles. The van der Waals surface area contributed by atoms with Gasteiger partial charge in [0.05, 0.1) is 0 Å². The van der Waals surface area contributed by atoms with E-state index >= 15 is 0 Å². The number of fused-ring (bicyclic) bond motifs is 1. The minimum atomic E-state index is -3.44. The molecule has 2 atom stereocenters. The Morgan fingerprint density at radius 3 is 2.47 bits per heavy atom. The van der Waals surface area contributed by atoms with Crippen LogP contribution in [0.2, 0.25) is 0 Å². The van der Waals surface area contributed by atoms with E-state index in [1.807, 2.05) is 6.07 Å². The van der Waals surface area contributed by atoms with Gasteiger partial charge in [0.1, 0.15) is 16.7 Å². The van der Waals surface area contributed by atoms with E-state index in [4.69, 9.17) is 5.26 Å². The highest BCUT2D eigenvalue weighted by Crippen LogP contribution is 2.39. The predicted molar refractivity (Wildman–Crippen MR) is 68.5 cm³/mol. The van der Waals surface area contributed by atoms with Gasteiger partial charge in [-0.05, 0) is 36.8 Å². The summed E-state index contributed by atoms with van der Waals surface area (Å²) in [4.78, 5) is 4.03. The van der Waals surface area contributed by atoms with E-state index in [1.54, 1.807) is 4.31 Å². The summed E-state index contributed by atoms with van der Waals surface area (Å²) in [6.07, 6.45) is 4.79. The van der Waals surface area contributed by atoms with E-state index in [0.717, 1.165) is 12.8 Å². The van der Waals surface area contributed by atoms with Crippen LogP contribution in [0.4, 0.5) is 0 Å². The first kappa shape index (κ1) is 12.6. The van der Waals surface area contributed by atoms with Gasteiger partial charge in [-0.3, -0.25) is 0 Å². The molecule has 1 aromatic heterocycles. The molecule has 2 aliphatic rings. The minimum absolute atomic E-state index is 0.187. The molecule has 3 rings (SSSR count). The lowest BCUT2D eigenvalue weighted by Crippen LogP contribution is -2.29. The van der Waals surface area contributed by atoms with Crippen LogP contribution < -0.4 is 0 Å². The molecule has 0 amide bonds. The van der Waals surface area contributed by atoms with E-state index in [-0.39, 0.29) is 10.6 Å². The molecule has 0 bridgehead atoms. The summed E-state index contributed by atoms with van der Waals surface area (Å²) in [5.74, 6) is 1.06. The maximum absolute atomic E-state index is 12.5. The van der Waals surface area contributed by atoms with Crippen LogP contribution in [0.5, 0.6) is 0 Å². The molecule has 5 nitrogen and oxygen atoms in total. The number of hydrogen-bond acceptors (Lipinski definition) is 4. The molecular weight excluding hydrogens is 262 g/mol. The fourth-order valence-electron chi connectivity index (χ4n) is 3.14. The Morgan fingerprint density at radius 1 is 1.26 bits per heavy atom. The summed E-state index contributed by atoms with van der Waals surface area (Å²) < 4.78 is 26.5. The highest BCUT2D eigenvalue weighted by Gasteiger charge is 2.41. The molecule has 19 heavy (non-hydrogen) atoms. The summed E-state index contributed by atoms with van der Waals surface area (Å²) in [6, 6.07) is 4.80. The third kappa shape index (κ3) is 2.13. The standard InChI is InChI=1S/C13H15N3O2S/c14-6-12-4-5-13(7-15-12)19(17,18)16-8-10-2-1-3-11(10)9-16/h4-5,7,10-11H,1-3,8-9H2. The molecule has 1 aliphatic carbocycles. The van der Waals surface area contributed by atoms with Gasteiger partial charge in [0.2, 0.25) is 10.0 Å². The van der Waals surface area contributed by atoms with Gasteiger partial charge < -0.3 is 0 Å². The average Bonchev–Trinajstić information content (AvgIpc) is 2.99. The van der Waals surface area contributed by atoms with Crippen molar-refractivity contribution < 1.29 is 8.42 Å². The molecule has 0 spiro atoms. The van der Waals surface area contributed by atoms with Gasteiger partial charge >= 0.3 is 0 Å². The van der Waals surface area contributed by atoms with E-state index in [0.29, 0.717) is 24.9 Å². The van der Waals surface area contributed by atoms with Crippen molar-refractivity contribution in [2.45, 2.75) is 24.2 Å². The van der Waals surface area contributed by atoms with Gasteiger partial charge in [0.25, 0.3) is 0 Å². The molecule has 2 fully saturated rings. The van der Waals surface area contributed by atoms with Crippen LogP contribution in [0.25, 0.3) is 0 Å². The third-order valence-corrected chi connectivity index (χ3v) is 6.00. The van der Waals surface area contributed by atoms with Crippen LogP contribution in [-0.2, 0) is 10.0 Å². The topological polar surface area (TPSA) is 74.1 Å². The molecule has 1 saturated carbocycles. The zero-order valence-electron chi connectivity index (χ0n) is 10.5. The second-order valence-electron chi connectivity index (χ2n) is 5.26. The molecule has 1 aliphatic heterocycles. The second kappa shape index (κ2) is 4.58. The number of rotatable bonds is 2. The summed E-state index contributed by atoms with van der Waals surface area (Å²) >= 11 is 0. The first-order chi connectivity index (χ1) is 9.11. The quantitative estimate of drug-likeness (QED) is 0.818. The summed E-state index contributed by atoms with van der Waals surface area (Å²) in [5, 5.41) is 8.68. The number of nitriles is 1. The fourth-order valence-corrected chi connectivity index (χ4v) is 4.64. The van der Waals surface area contributed by atoms with Crippen LogP contribution in [0, 0.1) is 23.2 Å². The lowest BCUT2D eigenvalue weighted by atomic mass is 10.0. The van der Waals surface area contributed by atoms with Gasteiger partial charge in [-0.1, -0.05) is 6.42 Å². The zero-order valence-corrected chi connectivity index (χ0v) is 11.3. The predicted octanol–water partition coefficient (Wildman–Crippen LogP) is 1.37. The van der Waals surface area contributed by atoms with E-state index < -0.39 is 10.0 Å². The molecule has 2 heterocycles. The maximum atomic E-state index is 12.5. The Labute approximate surface area is 112 Å². The summed E-state index contributed by atoms with van der Waals surface area (Å²) in [7, 11) is -3.44. The number of sulfonamides is 1. The monoisotopic (exact) mass is 277 g/mol. The average molecular weight is 277 g/mol. The number of aromatic nitrogens is 1. The Hall–Kier alpha value is -1.45. The van der Waals surface area contributed by atoms with Crippen LogP contribution in [-0.4, -0.2) is 30.8 Å². The van der Waals surface area contributed by atoms with Crippen molar-refractivity contribution >= 4 is 10.0 Å². The van der Waals surface area contributed by atoms with E-state index in [2.05, 4.69) is 4.98 Å². The van der Waals surface area contributed by atoms with Crippen molar-refractivity contribution in [2.24, 2.45) is 11.8 Å². The molecule has 2 unspecified atom stereocenters. The Bertz CT molecular complexity index is 606. The normalized spacial score (nSPS) is 27.1. The smallest absolute Gasteiger partial charge is 0.244 e. The van der Waals surface area contributed by atoms with Crippen LogP contribution in [0.3, 0.4) is 0 Å². The minimum Gasteiger partial charge on any atom is -0.244 e. The van der Waals surface area contributed by atoms with Crippen LogP contribution in [0.1, 0.15) is 25.0 Å². The van der Waals surface area contributed by atoms with Gasteiger partial charge in [0.15, 0.2) is 0 Å². The Morgan fingerprint density at radius 2 is 1.95 bits per heavy atom. The van der Waals surface area contributed by atoms with Crippen molar-refractivity contribution in [2.75, 3.05) is 13.1 Å². The molecule has 6 heteroatoms. The first-order valence-corrected chi connectivity index (χ1v) is 7.91. The fraction of sp³-hybridized carbons (Fsp3) is 0.538. The summed E-state index contributed by atoms with van der Waals surface area (Å²) in [6.45, 7) is 1.26. The number of pyridine rings is 1. The molecule has 100 valence electrons. The van der Waals surface area contributed by atoms with Crippen LogP contribution >= 0.6 is 0 Å². The second-order valence-corrected chi connectivity index (χ2v) is 7.20. The molecule has 0 N–H and O–H groups in total. The zero-order chi connectivity index (χ0) is 13.5. The van der Waals surface area contributed by atoms with Gasteiger partial charge in [-0.25, -0.2) is 13.4 Å². The highest BCUT2D eigenvalue weighted by molar-refractivity contribution is 7.89. The van der Waals surface area contributed by atoms with Crippen LogP contribution in [0.15, 0.2) is 23.2 Å². The Balaban J connectivity index is 1.84. The Kier molecular flexibility index (Phi) is 3.03. The van der Waals surface area contributed by atoms with Crippen molar-refractivity contribution in [3.63, 3.8) is 0 Å². The van der Waals surface area contributed by atoms with E-state index in [9.17, 15) is 8.42 Å². The molecule has 0 radical (unpaired) electrons. The van der Waals surface area contributed by atoms with Crippen molar-refractivity contribution in [3.8, 4) is 6.07 Å². The summed E-state index contributed by atoms with van der Waals surface area (Å²) in [5.41, 5.74) is 0.234. The number of nitrogens with zero attached hydrogens (tertiary/aromatic N) is 3. The van der Waals surface area contributed by atoms with Crippen molar-refractivity contribution in [1.29, 1.82) is 5.26 Å².